The topological polar surface area (TPSA) is 0 Å². The van der Waals surface area contributed by atoms with Crippen molar-refractivity contribution in [1.82, 2.24) is 0 Å². The van der Waals surface area contributed by atoms with E-state index in [0.29, 0.717) is 0 Å². The van der Waals surface area contributed by atoms with Crippen molar-refractivity contribution in [3.8, 4) is 0 Å². The molecule has 0 aromatic heterocycles. The smallest absolute Gasteiger partial charge is 0.0404 e. The number of rotatable bonds is 1. The lowest BCUT2D eigenvalue weighted by Crippen LogP contribution is -1.50. The number of allylic oxidation sites excluding steroid dienone is 3. The SMILES string of the molecule is C=C(C)C.C=CC(=C)C.CC.CC. The minimum Gasteiger partial charge on any atom is -0.100 e. The zero-order chi connectivity index (χ0) is 11.9. The van der Waals surface area contributed by atoms with E-state index in [1.807, 2.05) is 48.5 Å². The summed E-state index contributed by atoms with van der Waals surface area (Å²) in [6.45, 7) is 24.4. The summed E-state index contributed by atoms with van der Waals surface area (Å²) in [5.74, 6) is 0. The molecule has 0 nitrogen and oxygen atoms in total. The Morgan fingerprint density at radius 3 is 0.923 bits per heavy atom. The molecule has 0 heteroatoms. The van der Waals surface area contributed by atoms with Crippen LogP contribution in [0.25, 0.3) is 0 Å². The number of hydrogen-bond acceptors (Lipinski definition) is 0. The fourth-order valence-electron chi connectivity index (χ4n) is 0. The summed E-state index contributed by atoms with van der Waals surface area (Å²) in [4.78, 5) is 0. The maximum Gasteiger partial charge on any atom is -0.0404 e. The molecule has 0 heterocycles. The second kappa shape index (κ2) is 30.3. The molecule has 13 heavy (non-hydrogen) atoms. The molecule has 0 bridgehead atoms. The highest BCUT2D eigenvalue weighted by molar-refractivity contribution is 5.05. The summed E-state index contributed by atoms with van der Waals surface area (Å²) < 4.78 is 0. The van der Waals surface area contributed by atoms with Crippen LogP contribution >= 0.6 is 0 Å². The summed E-state index contributed by atoms with van der Waals surface area (Å²) >= 11 is 0. The van der Waals surface area contributed by atoms with Crippen molar-refractivity contribution in [2.75, 3.05) is 0 Å². The summed E-state index contributed by atoms with van der Waals surface area (Å²) in [7, 11) is 0. The van der Waals surface area contributed by atoms with Gasteiger partial charge in [0.15, 0.2) is 0 Å². The third-order valence-corrected chi connectivity index (χ3v) is 0.348. The number of hydrogen-bond donors (Lipinski definition) is 0. The highest BCUT2D eigenvalue weighted by atomic mass is 13.7. The van der Waals surface area contributed by atoms with Crippen molar-refractivity contribution in [1.29, 1.82) is 0 Å². The van der Waals surface area contributed by atoms with Crippen molar-refractivity contribution in [2.45, 2.75) is 48.5 Å². The van der Waals surface area contributed by atoms with Gasteiger partial charge in [-0.25, -0.2) is 0 Å². The van der Waals surface area contributed by atoms with Crippen LogP contribution in [0, 0.1) is 0 Å². The molecular formula is C13H28. The quantitative estimate of drug-likeness (QED) is 0.379. The largest absolute Gasteiger partial charge is 0.100 e. The van der Waals surface area contributed by atoms with Crippen LogP contribution in [0.4, 0.5) is 0 Å². The van der Waals surface area contributed by atoms with E-state index < -0.39 is 0 Å². The molecule has 0 aliphatic carbocycles. The van der Waals surface area contributed by atoms with Gasteiger partial charge >= 0.3 is 0 Å². The molecule has 0 amide bonds. The Morgan fingerprint density at radius 2 is 0.923 bits per heavy atom. The molecule has 0 N–H and O–H groups in total. The fourth-order valence-corrected chi connectivity index (χ4v) is 0. The lowest BCUT2D eigenvalue weighted by molar-refractivity contribution is 1.42. The second-order valence-corrected chi connectivity index (χ2v) is 2.26. The first-order chi connectivity index (χ1) is 6.00. The fraction of sp³-hybridized carbons (Fsp3) is 0.538. The van der Waals surface area contributed by atoms with Crippen molar-refractivity contribution < 1.29 is 0 Å². The van der Waals surface area contributed by atoms with E-state index in [1.165, 1.54) is 5.57 Å². The Kier molecular flexibility index (Phi) is 53.0. The predicted molar refractivity (Wildman–Crippen MR) is 68.2 cm³/mol. The molecule has 0 saturated carbocycles. The first-order valence-corrected chi connectivity index (χ1v) is 4.90. The Bertz CT molecular complexity index is 103. The molecule has 0 unspecified atom stereocenters. The molecule has 0 aromatic carbocycles. The van der Waals surface area contributed by atoms with Gasteiger partial charge in [-0.05, 0) is 20.8 Å². The molecule has 0 aliphatic heterocycles. The minimum absolute atomic E-state index is 1.02. The molecule has 0 rings (SSSR count). The average Bonchev–Trinajstić information content (AvgIpc) is 2.10. The lowest BCUT2D eigenvalue weighted by Gasteiger charge is -1.71. The molecule has 0 fully saturated rings. The van der Waals surface area contributed by atoms with Gasteiger partial charge in [0.25, 0.3) is 0 Å². The molecular weight excluding hydrogens is 156 g/mol. The highest BCUT2D eigenvalue weighted by Gasteiger charge is 1.59. The molecule has 0 saturated heterocycles. The summed E-state index contributed by atoms with van der Waals surface area (Å²) in [5.41, 5.74) is 2.19. The minimum atomic E-state index is 1.02. The third kappa shape index (κ3) is 641. The van der Waals surface area contributed by atoms with Crippen LogP contribution in [0.3, 0.4) is 0 Å². The zero-order valence-corrected chi connectivity index (χ0v) is 10.7. The monoisotopic (exact) mass is 184 g/mol. The maximum atomic E-state index is 3.56. The Hall–Kier alpha value is -0.780. The highest BCUT2D eigenvalue weighted by Crippen LogP contribution is 1.81. The molecule has 0 spiro atoms. The average molecular weight is 184 g/mol. The molecule has 0 aromatic rings. The van der Waals surface area contributed by atoms with E-state index in [2.05, 4.69) is 19.7 Å². The van der Waals surface area contributed by atoms with E-state index >= 15 is 0 Å². The maximum absolute atomic E-state index is 3.56. The van der Waals surface area contributed by atoms with Gasteiger partial charge in [0.05, 0.1) is 0 Å². The van der Waals surface area contributed by atoms with Gasteiger partial charge in [-0.15, -0.1) is 6.58 Å². The van der Waals surface area contributed by atoms with Crippen LogP contribution < -0.4 is 0 Å². The van der Waals surface area contributed by atoms with Crippen LogP contribution in [0.1, 0.15) is 48.5 Å². The van der Waals surface area contributed by atoms with Gasteiger partial charge in [0.2, 0.25) is 0 Å². The zero-order valence-electron chi connectivity index (χ0n) is 10.7. The molecule has 80 valence electrons. The van der Waals surface area contributed by atoms with Gasteiger partial charge in [-0.3, -0.25) is 0 Å². The van der Waals surface area contributed by atoms with E-state index in [-0.39, 0.29) is 0 Å². The Labute approximate surface area is 86.1 Å². The van der Waals surface area contributed by atoms with Crippen LogP contribution in [0.2, 0.25) is 0 Å². The summed E-state index contributed by atoms with van der Waals surface area (Å²) in [5, 5.41) is 0. The van der Waals surface area contributed by atoms with Crippen molar-refractivity contribution in [3.63, 3.8) is 0 Å². The van der Waals surface area contributed by atoms with Crippen molar-refractivity contribution in [2.24, 2.45) is 0 Å². The lowest BCUT2D eigenvalue weighted by atomic mass is 10.4. The first-order valence-electron chi connectivity index (χ1n) is 4.90. The van der Waals surface area contributed by atoms with Crippen LogP contribution in [0.5, 0.6) is 0 Å². The third-order valence-electron chi connectivity index (χ3n) is 0.348. The standard InChI is InChI=1S/C5H8.C4H8.2C2H6/c1-4-5(2)3;1-4(2)3;2*1-2/h4H,1-2H2,3H3;1H2,2-3H3;2*1-2H3. The normalized spacial score (nSPS) is 5.46. The van der Waals surface area contributed by atoms with Crippen LogP contribution in [-0.2, 0) is 0 Å². The van der Waals surface area contributed by atoms with E-state index in [4.69, 9.17) is 0 Å². The van der Waals surface area contributed by atoms with Gasteiger partial charge in [-0.2, -0.15) is 0 Å². The van der Waals surface area contributed by atoms with Crippen molar-refractivity contribution >= 4 is 0 Å². The summed E-state index contributed by atoms with van der Waals surface area (Å²) in [6.07, 6.45) is 1.72. The van der Waals surface area contributed by atoms with Crippen LogP contribution in [-0.4, -0.2) is 0 Å². The van der Waals surface area contributed by atoms with Gasteiger partial charge < -0.3 is 0 Å². The Balaban J connectivity index is -0.0000000457. The first kappa shape index (κ1) is 22.8. The second-order valence-electron chi connectivity index (χ2n) is 2.26. The Morgan fingerprint density at radius 1 is 0.846 bits per heavy atom. The van der Waals surface area contributed by atoms with Gasteiger partial charge in [0.1, 0.15) is 0 Å². The van der Waals surface area contributed by atoms with Crippen molar-refractivity contribution in [3.05, 3.63) is 37.0 Å². The molecule has 0 radical (unpaired) electrons. The predicted octanol–water partition coefficient (Wildman–Crippen LogP) is 5.38. The van der Waals surface area contributed by atoms with E-state index in [9.17, 15) is 0 Å². The van der Waals surface area contributed by atoms with Gasteiger partial charge in [-0.1, -0.05) is 58.1 Å². The molecule has 0 aliphatic rings. The van der Waals surface area contributed by atoms with E-state index in [0.717, 1.165) is 5.57 Å². The van der Waals surface area contributed by atoms with Crippen LogP contribution in [0.15, 0.2) is 37.0 Å². The molecule has 0 atom stereocenters. The summed E-state index contributed by atoms with van der Waals surface area (Å²) in [6, 6.07) is 0. The van der Waals surface area contributed by atoms with Gasteiger partial charge in [0, 0.05) is 0 Å². The van der Waals surface area contributed by atoms with E-state index in [1.54, 1.807) is 6.08 Å².